The number of para-hydroxylation sites is 1. The fraction of sp³-hybridized carbons (Fsp3) is 0.364. The molecule has 0 aliphatic carbocycles. The Morgan fingerprint density at radius 3 is 2.89 bits per heavy atom. The molecule has 1 aromatic carbocycles. The third-order valence-corrected chi connectivity index (χ3v) is 5.32. The van der Waals surface area contributed by atoms with Crippen molar-refractivity contribution in [1.82, 2.24) is 14.9 Å². The summed E-state index contributed by atoms with van der Waals surface area (Å²) in [5.74, 6) is 0.995. The molecule has 0 radical (unpaired) electrons. The number of aromatic amines is 1. The number of likely N-dealkylation sites (tertiary alicyclic amines) is 1. The van der Waals surface area contributed by atoms with Gasteiger partial charge in [-0.25, -0.2) is 4.98 Å². The van der Waals surface area contributed by atoms with Crippen LogP contribution in [0.25, 0.3) is 10.9 Å². The molecule has 1 aliphatic heterocycles. The standard InChI is InChI=1S/C22H27N5O/c1-15(2)24-19-9-6-11-23-21(19)26(3)17-10-12-27(14-17)22(28)20-13-16-7-4-5-8-18(16)25-20/h4-9,11,13,15,17,24-25H,10,12,14H2,1-3H3. The quantitative estimate of drug-likeness (QED) is 0.711. The van der Waals surface area contributed by atoms with Gasteiger partial charge in [-0.05, 0) is 44.5 Å². The highest BCUT2D eigenvalue weighted by molar-refractivity contribution is 5.98. The van der Waals surface area contributed by atoms with E-state index in [9.17, 15) is 4.79 Å². The lowest BCUT2D eigenvalue weighted by Crippen LogP contribution is -2.37. The van der Waals surface area contributed by atoms with Gasteiger partial charge in [0.05, 0.1) is 5.69 Å². The third-order valence-electron chi connectivity index (χ3n) is 5.32. The van der Waals surface area contributed by atoms with E-state index >= 15 is 0 Å². The van der Waals surface area contributed by atoms with E-state index in [0.717, 1.165) is 35.4 Å². The van der Waals surface area contributed by atoms with Gasteiger partial charge in [0, 0.05) is 49.3 Å². The van der Waals surface area contributed by atoms with Crippen molar-refractivity contribution in [3.63, 3.8) is 0 Å². The lowest BCUT2D eigenvalue weighted by Gasteiger charge is -2.28. The maximum absolute atomic E-state index is 13.0. The van der Waals surface area contributed by atoms with Gasteiger partial charge >= 0.3 is 0 Å². The first-order chi connectivity index (χ1) is 13.5. The molecule has 0 saturated carbocycles. The summed E-state index contributed by atoms with van der Waals surface area (Å²) >= 11 is 0. The first-order valence-electron chi connectivity index (χ1n) is 9.84. The fourth-order valence-corrected chi connectivity index (χ4v) is 3.88. The van der Waals surface area contributed by atoms with Crippen LogP contribution in [0, 0.1) is 0 Å². The van der Waals surface area contributed by atoms with Crippen LogP contribution in [0.1, 0.15) is 30.8 Å². The molecule has 1 amide bonds. The van der Waals surface area contributed by atoms with Crippen LogP contribution in [0.3, 0.4) is 0 Å². The summed E-state index contributed by atoms with van der Waals surface area (Å²) in [4.78, 5) is 25.0. The minimum absolute atomic E-state index is 0.0636. The second kappa shape index (κ2) is 7.54. The van der Waals surface area contributed by atoms with E-state index in [0.29, 0.717) is 18.3 Å². The van der Waals surface area contributed by atoms with Crippen LogP contribution >= 0.6 is 0 Å². The Morgan fingerprint density at radius 1 is 1.29 bits per heavy atom. The number of nitrogens with zero attached hydrogens (tertiary/aromatic N) is 3. The second-order valence-electron chi connectivity index (χ2n) is 7.75. The lowest BCUT2D eigenvalue weighted by molar-refractivity contribution is 0.0786. The van der Waals surface area contributed by atoms with Crippen LogP contribution in [0.15, 0.2) is 48.7 Å². The number of hydrogen-bond acceptors (Lipinski definition) is 4. The molecule has 0 spiro atoms. The summed E-state index contributed by atoms with van der Waals surface area (Å²) < 4.78 is 0. The molecule has 1 fully saturated rings. The zero-order chi connectivity index (χ0) is 19.7. The molecule has 0 bridgehead atoms. The average molecular weight is 377 g/mol. The van der Waals surface area contributed by atoms with Crippen molar-refractivity contribution in [2.75, 3.05) is 30.4 Å². The number of anilines is 2. The van der Waals surface area contributed by atoms with E-state index in [1.165, 1.54) is 0 Å². The van der Waals surface area contributed by atoms with Gasteiger partial charge in [-0.1, -0.05) is 18.2 Å². The minimum atomic E-state index is 0.0636. The highest BCUT2D eigenvalue weighted by atomic mass is 16.2. The Labute approximate surface area is 165 Å². The zero-order valence-corrected chi connectivity index (χ0v) is 16.6. The molecule has 3 aromatic rings. The summed E-state index contributed by atoms with van der Waals surface area (Å²) in [5.41, 5.74) is 2.68. The monoisotopic (exact) mass is 377 g/mol. The zero-order valence-electron chi connectivity index (χ0n) is 16.6. The number of carbonyl (C=O) groups is 1. The first kappa shape index (κ1) is 18.3. The molecule has 3 heterocycles. The van der Waals surface area contributed by atoms with E-state index in [1.807, 2.05) is 47.5 Å². The summed E-state index contributed by atoms with van der Waals surface area (Å²) in [6, 6.07) is 14.5. The fourth-order valence-electron chi connectivity index (χ4n) is 3.88. The topological polar surface area (TPSA) is 64.3 Å². The van der Waals surface area contributed by atoms with Gasteiger partial charge in [0.2, 0.25) is 0 Å². The molecular weight excluding hydrogens is 350 g/mol. The number of aromatic nitrogens is 2. The van der Waals surface area contributed by atoms with Crippen molar-refractivity contribution in [3.05, 3.63) is 54.4 Å². The van der Waals surface area contributed by atoms with Crippen molar-refractivity contribution < 1.29 is 4.79 Å². The second-order valence-corrected chi connectivity index (χ2v) is 7.75. The van der Waals surface area contributed by atoms with Gasteiger partial charge in [0.25, 0.3) is 5.91 Å². The predicted octanol–water partition coefficient (Wildman–Crippen LogP) is 3.73. The van der Waals surface area contributed by atoms with Gasteiger partial charge in [-0.15, -0.1) is 0 Å². The van der Waals surface area contributed by atoms with Crippen LogP contribution in [0.4, 0.5) is 11.5 Å². The number of carbonyl (C=O) groups excluding carboxylic acids is 1. The summed E-state index contributed by atoms with van der Waals surface area (Å²) in [7, 11) is 2.06. The van der Waals surface area contributed by atoms with Crippen LogP contribution in [-0.4, -0.2) is 53.0 Å². The minimum Gasteiger partial charge on any atom is -0.380 e. The van der Waals surface area contributed by atoms with E-state index in [4.69, 9.17) is 0 Å². The van der Waals surface area contributed by atoms with Crippen LogP contribution in [0.2, 0.25) is 0 Å². The van der Waals surface area contributed by atoms with Crippen molar-refractivity contribution >= 4 is 28.3 Å². The van der Waals surface area contributed by atoms with Crippen LogP contribution in [0.5, 0.6) is 0 Å². The Morgan fingerprint density at radius 2 is 2.11 bits per heavy atom. The van der Waals surface area contributed by atoms with Gasteiger partial charge in [0.15, 0.2) is 5.82 Å². The number of amides is 1. The maximum Gasteiger partial charge on any atom is 0.270 e. The van der Waals surface area contributed by atoms with Crippen molar-refractivity contribution in [2.45, 2.75) is 32.4 Å². The Balaban J connectivity index is 1.48. The summed E-state index contributed by atoms with van der Waals surface area (Å²) in [5, 5.41) is 4.53. The first-order valence-corrected chi connectivity index (χ1v) is 9.84. The molecule has 2 N–H and O–H groups in total. The molecule has 146 valence electrons. The van der Waals surface area contributed by atoms with Crippen molar-refractivity contribution in [3.8, 4) is 0 Å². The van der Waals surface area contributed by atoms with E-state index in [1.54, 1.807) is 0 Å². The van der Waals surface area contributed by atoms with Gasteiger partial charge in [0.1, 0.15) is 5.69 Å². The average Bonchev–Trinajstić information content (AvgIpc) is 3.34. The smallest absolute Gasteiger partial charge is 0.270 e. The van der Waals surface area contributed by atoms with E-state index < -0.39 is 0 Å². The maximum atomic E-state index is 13.0. The van der Waals surface area contributed by atoms with Crippen LogP contribution in [-0.2, 0) is 0 Å². The number of fused-ring (bicyclic) bond motifs is 1. The number of nitrogens with one attached hydrogen (secondary N) is 2. The summed E-state index contributed by atoms with van der Waals surface area (Å²) in [6.07, 6.45) is 2.75. The molecule has 6 heteroatoms. The normalized spacial score (nSPS) is 16.7. The van der Waals surface area contributed by atoms with E-state index in [-0.39, 0.29) is 11.9 Å². The van der Waals surface area contributed by atoms with Crippen molar-refractivity contribution in [2.24, 2.45) is 0 Å². The number of benzene rings is 1. The number of rotatable bonds is 5. The molecule has 2 aromatic heterocycles. The molecule has 1 aliphatic rings. The molecule has 28 heavy (non-hydrogen) atoms. The molecule has 1 unspecified atom stereocenters. The highest BCUT2D eigenvalue weighted by Crippen LogP contribution is 2.28. The lowest BCUT2D eigenvalue weighted by atomic mass is 10.2. The van der Waals surface area contributed by atoms with Crippen LogP contribution < -0.4 is 10.2 Å². The predicted molar refractivity (Wildman–Crippen MR) is 114 cm³/mol. The Kier molecular flexibility index (Phi) is 4.94. The van der Waals surface area contributed by atoms with Gasteiger partial charge in [-0.2, -0.15) is 0 Å². The number of likely N-dealkylation sites (N-methyl/N-ethyl adjacent to an activating group) is 1. The molecular formula is C22H27N5O. The largest absolute Gasteiger partial charge is 0.380 e. The Hall–Kier alpha value is -3.02. The number of hydrogen-bond donors (Lipinski definition) is 2. The Bertz CT molecular complexity index is 947. The van der Waals surface area contributed by atoms with E-state index in [2.05, 4.69) is 47.1 Å². The van der Waals surface area contributed by atoms with Gasteiger partial charge < -0.3 is 20.1 Å². The third kappa shape index (κ3) is 3.54. The molecule has 1 atom stereocenters. The molecule has 4 rings (SSSR count). The van der Waals surface area contributed by atoms with Crippen molar-refractivity contribution in [1.29, 1.82) is 0 Å². The highest BCUT2D eigenvalue weighted by Gasteiger charge is 2.31. The van der Waals surface area contributed by atoms with Gasteiger partial charge in [-0.3, -0.25) is 4.79 Å². The number of H-pyrrole nitrogens is 1. The molecule has 6 nitrogen and oxygen atoms in total. The number of pyridine rings is 1. The summed E-state index contributed by atoms with van der Waals surface area (Å²) in [6.45, 7) is 5.69. The molecule has 1 saturated heterocycles. The SMILES string of the molecule is CC(C)Nc1cccnc1N(C)C1CCN(C(=O)c2cc3ccccc3[nH]2)C1.